The number of halogens is 3. The monoisotopic (exact) mass is 369 g/mol. The molecule has 109 valence electrons. The zero-order chi connectivity index (χ0) is 14.7. The third-order valence-corrected chi connectivity index (χ3v) is 2.86. The minimum absolute atomic E-state index is 0. The number of hydrogen-bond acceptors (Lipinski definition) is 2. The first kappa shape index (κ1) is 18.0. The molecule has 0 saturated heterocycles. The van der Waals surface area contributed by atoms with Crippen LogP contribution in [0.1, 0.15) is 5.56 Å². The summed E-state index contributed by atoms with van der Waals surface area (Å²) in [7, 11) is 1.42. The van der Waals surface area contributed by atoms with Gasteiger partial charge in [-0.1, -0.05) is 17.8 Å². The fraction of sp³-hybridized carbons (Fsp3) is 0.200. The molecule has 0 aromatic heterocycles. The minimum Gasteiger partial charge on any atom is -0.497 e. The van der Waals surface area contributed by atoms with E-state index in [2.05, 4.69) is 12.7 Å². The molecule has 0 spiro atoms. The first-order chi connectivity index (χ1) is 9.52. The summed E-state index contributed by atoms with van der Waals surface area (Å²) in [6, 6.07) is 4.24. The first-order valence-electron chi connectivity index (χ1n) is 5.91. The Morgan fingerprint density at radius 3 is 2.67 bits per heavy atom. The van der Waals surface area contributed by atoms with Crippen molar-refractivity contribution in [2.45, 2.75) is 6.43 Å². The molecule has 1 aromatic carbocycles. The predicted octanol–water partition coefficient (Wildman–Crippen LogP) is 3.63. The van der Waals surface area contributed by atoms with Gasteiger partial charge in [-0.2, -0.15) is 12.2 Å². The van der Waals surface area contributed by atoms with E-state index in [1.807, 2.05) is 0 Å². The zero-order valence-corrected chi connectivity index (χ0v) is 14.3. The van der Waals surface area contributed by atoms with Gasteiger partial charge in [-0.3, -0.25) is 0 Å². The van der Waals surface area contributed by atoms with Crippen LogP contribution in [0.2, 0.25) is 0 Å². The van der Waals surface area contributed by atoms with Gasteiger partial charge in [0.05, 0.1) is 19.5 Å². The Kier molecular flexibility index (Phi) is 6.68. The molecule has 2 nitrogen and oxygen atoms in total. The van der Waals surface area contributed by atoms with Crippen molar-refractivity contribution in [1.29, 1.82) is 0 Å². The molecule has 6 heteroatoms. The van der Waals surface area contributed by atoms with Gasteiger partial charge in [0.2, 0.25) is 0 Å². The minimum atomic E-state index is -2.56. The Hall–Kier alpha value is -1.07. The van der Waals surface area contributed by atoms with E-state index < -0.39 is 18.8 Å². The summed E-state index contributed by atoms with van der Waals surface area (Å²) in [5, 5.41) is 0. The molecule has 1 aromatic rings. The fourth-order valence-corrected chi connectivity index (χ4v) is 1.91. The first-order valence-corrected chi connectivity index (χ1v) is 5.91. The molecule has 0 bridgehead atoms. The summed E-state index contributed by atoms with van der Waals surface area (Å²) in [4.78, 5) is 1.25. The molecule has 0 saturated carbocycles. The van der Waals surface area contributed by atoms with Crippen LogP contribution in [-0.2, 0) is 32.7 Å². The molecule has 1 heterocycles. The third kappa shape index (κ3) is 4.20. The van der Waals surface area contributed by atoms with Crippen LogP contribution in [0.5, 0.6) is 5.75 Å². The van der Waals surface area contributed by atoms with E-state index in [1.165, 1.54) is 30.2 Å². The van der Waals surface area contributed by atoms with Gasteiger partial charge in [0.25, 0.3) is 6.43 Å². The molecule has 0 fully saturated rings. The third-order valence-electron chi connectivity index (χ3n) is 2.86. The number of benzene rings is 1. The maximum Gasteiger partial charge on any atom is 0.256 e. The van der Waals surface area contributed by atoms with Gasteiger partial charge in [0, 0.05) is 38.8 Å². The van der Waals surface area contributed by atoms with Gasteiger partial charge in [0.15, 0.2) is 0 Å². The van der Waals surface area contributed by atoms with E-state index in [0.717, 1.165) is 0 Å². The molecular formula is C15H13F3NOY-. The molecule has 0 N–H and O–H groups in total. The van der Waals surface area contributed by atoms with E-state index in [9.17, 15) is 13.2 Å². The Labute approximate surface area is 146 Å². The van der Waals surface area contributed by atoms with Crippen LogP contribution in [-0.4, -0.2) is 25.0 Å². The number of rotatable bonds is 4. The van der Waals surface area contributed by atoms with Crippen LogP contribution in [0.15, 0.2) is 42.6 Å². The summed E-state index contributed by atoms with van der Waals surface area (Å²) < 4.78 is 44.2. The molecule has 1 radical (unpaired) electrons. The van der Waals surface area contributed by atoms with Crippen LogP contribution < -0.4 is 4.74 Å². The molecule has 21 heavy (non-hydrogen) atoms. The van der Waals surface area contributed by atoms with E-state index >= 15 is 0 Å². The van der Waals surface area contributed by atoms with Gasteiger partial charge in [-0.05, 0) is 11.8 Å². The molecule has 0 amide bonds. The van der Waals surface area contributed by atoms with Crippen molar-refractivity contribution in [3.8, 4) is 5.75 Å². The van der Waals surface area contributed by atoms with Crippen molar-refractivity contribution in [2.75, 3.05) is 13.7 Å². The molecule has 2 rings (SSSR count). The second-order valence-corrected chi connectivity index (χ2v) is 4.17. The zero-order valence-electron chi connectivity index (χ0n) is 11.4. The largest absolute Gasteiger partial charge is 0.497 e. The van der Waals surface area contributed by atoms with Crippen molar-refractivity contribution in [3.63, 3.8) is 0 Å². The molecule has 0 atom stereocenters. The Balaban J connectivity index is 0.00000220. The van der Waals surface area contributed by atoms with E-state index in [0.29, 0.717) is 11.4 Å². The van der Waals surface area contributed by atoms with Crippen molar-refractivity contribution in [3.05, 3.63) is 60.1 Å². The number of alkyl halides is 2. The van der Waals surface area contributed by atoms with Crippen LogP contribution in [0, 0.1) is 11.9 Å². The number of ether oxygens (including phenoxy) is 1. The van der Waals surface area contributed by atoms with E-state index in [1.54, 1.807) is 12.1 Å². The van der Waals surface area contributed by atoms with E-state index in [4.69, 9.17) is 4.74 Å². The average Bonchev–Trinajstić information content (AvgIpc) is 2.41. The molecule has 1 aliphatic rings. The van der Waals surface area contributed by atoms with Crippen LogP contribution >= 0.6 is 0 Å². The summed E-state index contributed by atoms with van der Waals surface area (Å²) in [6.45, 7) is 3.13. The summed E-state index contributed by atoms with van der Waals surface area (Å²) in [5.41, 5.74) is 0.782. The molecule has 0 unspecified atom stereocenters. The Morgan fingerprint density at radius 2 is 2.10 bits per heavy atom. The average molecular weight is 369 g/mol. The molecular weight excluding hydrogens is 356 g/mol. The second kappa shape index (κ2) is 7.80. The van der Waals surface area contributed by atoms with Crippen LogP contribution in [0.3, 0.4) is 0 Å². The Bertz CT molecular complexity index is 584. The molecule has 0 aliphatic carbocycles. The summed E-state index contributed by atoms with van der Waals surface area (Å²) >= 11 is 0. The summed E-state index contributed by atoms with van der Waals surface area (Å²) in [5.74, 6) is -0.202. The van der Waals surface area contributed by atoms with Gasteiger partial charge in [-0.25, -0.2) is 13.2 Å². The predicted molar refractivity (Wildman–Crippen MR) is 70.6 cm³/mol. The second-order valence-electron chi connectivity index (χ2n) is 4.17. The number of allylic oxidation sites excluding steroid dienone is 3. The van der Waals surface area contributed by atoms with Crippen molar-refractivity contribution in [1.82, 2.24) is 4.90 Å². The van der Waals surface area contributed by atoms with Gasteiger partial charge >= 0.3 is 0 Å². The number of nitrogens with zero attached hydrogens (tertiary/aromatic N) is 1. The van der Waals surface area contributed by atoms with Crippen molar-refractivity contribution < 1.29 is 50.6 Å². The van der Waals surface area contributed by atoms with Crippen molar-refractivity contribution >= 4 is 5.70 Å². The van der Waals surface area contributed by atoms with Crippen molar-refractivity contribution in [2.24, 2.45) is 0 Å². The number of methoxy groups -OCH3 is 1. The smallest absolute Gasteiger partial charge is 0.256 e. The maximum atomic E-state index is 14.1. The van der Waals surface area contributed by atoms with Crippen LogP contribution in [0.4, 0.5) is 13.2 Å². The maximum absolute atomic E-state index is 14.1. The Morgan fingerprint density at radius 1 is 1.38 bits per heavy atom. The van der Waals surface area contributed by atoms with Gasteiger partial charge in [0.1, 0.15) is 5.75 Å². The summed E-state index contributed by atoms with van der Waals surface area (Å²) in [6.07, 6.45) is 3.31. The normalized spacial score (nSPS) is 14.0. The standard InChI is InChI=1S/C15H13F3NO.Y/c1-10-4-3-5-14(19(10)9-15(17)18)12-7-6-11(20-2)8-13(12)16;/h3-4,6-8,15H,1,9H2,2H3;/q-1;. The SMILES string of the molecule is C=C1C=C[C-]=C(c2ccc(OC)cc2F)N1CC(F)F.[Y]. The van der Waals surface area contributed by atoms with Gasteiger partial charge in [-0.15, -0.1) is 12.1 Å². The van der Waals surface area contributed by atoms with Crippen LogP contribution in [0.25, 0.3) is 5.70 Å². The fourth-order valence-electron chi connectivity index (χ4n) is 1.91. The van der Waals surface area contributed by atoms with E-state index in [-0.39, 0.29) is 44.0 Å². The van der Waals surface area contributed by atoms with Gasteiger partial charge < -0.3 is 9.64 Å². The number of hydrogen-bond donors (Lipinski definition) is 0. The molecule has 1 aliphatic heterocycles. The quantitative estimate of drug-likeness (QED) is 0.752. The topological polar surface area (TPSA) is 12.5 Å².